The van der Waals surface area contributed by atoms with Crippen LogP contribution in [0.5, 0.6) is 0 Å². The van der Waals surface area contributed by atoms with E-state index in [1.54, 1.807) is 0 Å². The lowest BCUT2D eigenvalue weighted by atomic mass is 9.94. The van der Waals surface area contributed by atoms with Crippen LogP contribution in [-0.2, 0) is 4.79 Å². The molecule has 0 aliphatic heterocycles. The second-order valence-electron chi connectivity index (χ2n) is 4.39. The third-order valence-electron chi connectivity index (χ3n) is 2.96. The van der Waals surface area contributed by atoms with Gasteiger partial charge in [-0.05, 0) is 32.4 Å². The molecule has 3 atom stereocenters. The van der Waals surface area contributed by atoms with E-state index in [-0.39, 0.29) is 12.5 Å². The average Bonchev–Trinajstić information content (AvgIpc) is 2.16. The van der Waals surface area contributed by atoms with Crippen LogP contribution < -0.4 is 5.32 Å². The van der Waals surface area contributed by atoms with Crippen LogP contribution in [-0.4, -0.2) is 34.7 Å². The standard InChI is InChI=1S/C11H21NO2S/c1-8(6-11(13)14)12-9-4-3-5-10(7-9)15-2/h8-10,12H,3-7H2,1-2H3,(H,13,14). The van der Waals surface area contributed by atoms with Crippen molar-refractivity contribution in [3.05, 3.63) is 0 Å². The van der Waals surface area contributed by atoms with Gasteiger partial charge < -0.3 is 10.4 Å². The van der Waals surface area contributed by atoms with Crippen LogP contribution in [0.1, 0.15) is 39.0 Å². The first-order valence-corrected chi connectivity index (χ1v) is 6.91. The van der Waals surface area contributed by atoms with Crippen LogP contribution in [0.15, 0.2) is 0 Å². The van der Waals surface area contributed by atoms with Crippen LogP contribution in [0.4, 0.5) is 0 Å². The monoisotopic (exact) mass is 231 g/mol. The Kier molecular flexibility index (Phi) is 5.47. The van der Waals surface area contributed by atoms with Crippen molar-refractivity contribution in [2.24, 2.45) is 0 Å². The van der Waals surface area contributed by atoms with E-state index in [0.717, 1.165) is 5.25 Å². The minimum atomic E-state index is -0.716. The van der Waals surface area contributed by atoms with Gasteiger partial charge in [0.25, 0.3) is 0 Å². The Morgan fingerprint density at radius 1 is 1.60 bits per heavy atom. The maximum atomic E-state index is 10.5. The average molecular weight is 231 g/mol. The number of hydrogen-bond donors (Lipinski definition) is 2. The number of rotatable bonds is 5. The Bertz CT molecular complexity index is 211. The largest absolute Gasteiger partial charge is 0.481 e. The molecule has 1 aliphatic carbocycles. The minimum absolute atomic E-state index is 0.0908. The Morgan fingerprint density at radius 3 is 2.93 bits per heavy atom. The first-order valence-electron chi connectivity index (χ1n) is 5.62. The van der Waals surface area contributed by atoms with E-state index in [9.17, 15) is 4.79 Å². The molecule has 1 fully saturated rings. The van der Waals surface area contributed by atoms with Crippen molar-refractivity contribution < 1.29 is 9.90 Å². The van der Waals surface area contributed by atoms with Crippen molar-refractivity contribution in [1.82, 2.24) is 5.32 Å². The molecule has 0 aromatic heterocycles. The summed E-state index contributed by atoms with van der Waals surface area (Å²) in [7, 11) is 0. The van der Waals surface area contributed by atoms with Crippen molar-refractivity contribution >= 4 is 17.7 Å². The highest BCUT2D eigenvalue weighted by Gasteiger charge is 2.22. The van der Waals surface area contributed by atoms with E-state index in [2.05, 4.69) is 11.6 Å². The molecule has 1 aliphatic rings. The lowest BCUT2D eigenvalue weighted by Gasteiger charge is -2.30. The molecule has 3 unspecified atom stereocenters. The van der Waals surface area contributed by atoms with Crippen molar-refractivity contribution in [2.45, 2.75) is 56.4 Å². The van der Waals surface area contributed by atoms with Crippen LogP contribution in [0.2, 0.25) is 0 Å². The van der Waals surface area contributed by atoms with Gasteiger partial charge in [0, 0.05) is 17.3 Å². The summed E-state index contributed by atoms with van der Waals surface area (Å²) in [5.74, 6) is -0.716. The molecular formula is C11H21NO2S. The Balaban J connectivity index is 2.27. The molecule has 0 saturated heterocycles. The molecule has 1 saturated carbocycles. The Morgan fingerprint density at radius 2 is 2.33 bits per heavy atom. The van der Waals surface area contributed by atoms with E-state index in [0.29, 0.717) is 6.04 Å². The predicted molar refractivity (Wildman–Crippen MR) is 64.4 cm³/mol. The fraction of sp³-hybridized carbons (Fsp3) is 0.909. The smallest absolute Gasteiger partial charge is 0.304 e. The van der Waals surface area contributed by atoms with Gasteiger partial charge in [-0.2, -0.15) is 11.8 Å². The molecule has 0 heterocycles. The summed E-state index contributed by atoms with van der Waals surface area (Å²) in [4.78, 5) is 10.5. The van der Waals surface area contributed by atoms with Crippen molar-refractivity contribution in [2.75, 3.05) is 6.26 Å². The number of carboxylic acids is 1. The summed E-state index contributed by atoms with van der Waals surface area (Å²) >= 11 is 1.93. The lowest BCUT2D eigenvalue weighted by Crippen LogP contribution is -2.41. The van der Waals surface area contributed by atoms with Gasteiger partial charge in [-0.1, -0.05) is 6.42 Å². The van der Waals surface area contributed by atoms with Gasteiger partial charge in [0.05, 0.1) is 6.42 Å². The molecule has 0 bridgehead atoms. The molecule has 15 heavy (non-hydrogen) atoms. The summed E-state index contributed by atoms with van der Waals surface area (Å²) in [6, 6.07) is 0.610. The molecule has 0 spiro atoms. The molecule has 0 amide bonds. The van der Waals surface area contributed by atoms with E-state index in [1.165, 1.54) is 25.7 Å². The Hall–Kier alpha value is -0.220. The predicted octanol–water partition coefficient (Wildman–Crippen LogP) is 2.11. The van der Waals surface area contributed by atoms with E-state index in [1.807, 2.05) is 18.7 Å². The second-order valence-corrected chi connectivity index (χ2v) is 5.52. The summed E-state index contributed by atoms with van der Waals surface area (Å²) in [6.07, 6.45) is 7.34. The molecule has 1 rings (SSSR count). The number of nitrogens with one attached hydrogen (secondary N) is 1. The Labute approximate surface area is 96.0 Å². The maximum absolute atomic E-state index is 10.5. The van der Waals surface area contributed by atoms with Crippen LogP contribution >= 0.6 is 11.8 Å². The first-order chi connectivity index (χ1) is 7.11. The zero-order valence-electron chi connectivity index (χ0n) is 9.53. The molecule has 3 nitrogen and oxygen atoms in total. The van der Waals surface area contributed by atoms with Gasteiger partial charge in [-0.25, -0.2) is 0 Å². The molecule has 0 radical (unpaired) electrons. The SMILES string of the molecule is CSC1CCCC(NC(C)CC(=O)O)C1. The van der Waals surface area contributed by atoms with E-state index < -0.39 is 5.97 Å². The zero-order chi connectivity index (χ0) is 11.3. The molecule has 0 aromatic rings. The number of thioether (sulfide) groups is 1. The summed E-state index contributed by atoms with van der Waals surface area (Å²) in [5.41, 5.74) is 0. The van der Waals surface area contributed by atoms with Crippen molar-refractivity contribution in [3.63, 3.8) is 0 Å². The van der Waals surface area contributed by atoms with Crippen LogP contribution in [0.25, 0.3) is 0 Å². The third kappa shape index (κ3) is 4.89. The van der Waals surface area contributed by atoms with Gasteiger partial charge in [-0.3, -0.25) is 4.79 Å². The van der Waals surface area contributed by atoms with E-state index in [4.69, 9.17) is 5.11 Å². The highest BCUT2D eigenvalue weighted by molar-refractivity contribution is 7.99. The van der Waals surface area contributed by atoms with Crippen molar-refractivity contribution in [1.29, 1.82) is 0 Å². The molecule has 0 aromatic carbocycles. The van der Waals surface area contributed by atoms with Gasteiger partial charge in [-0.15, -0.1) is 0 Å². The van der Waals surface area contributed by atoms with Crippen LogP contribution in [0.3, 0.4) is 0 Å². The highest BCUT2D eigenvalue weighted by atomic mass is 32.2. The van der Waals surface area contributed by atoms with Gasteiger partial charge in [0.15, 0.2) is 0 Å². The molecule has 88 valence electrons. The number of carbonyl (C=O) groups is 1. The second kappa shape index (κ2) is 6.38. The quantitative estimate of drug-likeness (QED) is 0.761. The molecular weight excluding hydrogens is 210 g/mol. The maximum Gasteiger partial charge on any atom is 0.304 e. The highest BCUT2D eigenvalue weighted by Crippen LogP contribution is 2.27. The minimum Gasteiger partial charge on any atom is -0.481 e. The van der Waals surface area contributed by atoms with Gasteiger partial charge in [0.1, 0.15) is 0 Å². The topological polar surface area (TPSA) is 49.3 Å². The van der Waals surface area contributed by atoms with Crippen LogP contribution in [0, 0.1) is 0 Å². The number of hydrogen-bond acceptors (Lipinski definition) is 3. The van der Waals surface area contributed by atoms with Crippen molar-refractivity contribution in [3.8, 4) is 0 Å². The lowest BCUT2D eigenvalue weighted by molar-refractivity contribution is -0.137. The number of carboxylic acid groups (broad SMARTS) is 1. The molecule has 4 heteroatoms. The summed E-state index contributed by atoms with van der Waals surface area (Å²) < 4.78 is 0. The fourth-order valence-corrected chi connectivity index (χ4v) is 3.06. The molecule has 2 N–H and O–H groups in total. The summed E-state index contributed by atoms with van der Waals surface area (Å²) in [5, 5.41) is 12.8. The van der Waals surface area contributed by atoms with Gasteiger partial charge in [0.2, 0.25) is 0 Å². The summed E-state index contributed by atoms with van der Waals surface area (Å²) in [6.45, 7) is 1.96. The van der Waals surface area contributed by atoms with Gasteiger partial charge >= 0.3 is 5.97 Å². The first kappa shape index (κ1) is 12.8. The third-order valence-corrected chi connectivity index (χ3v) is 4.06. The zero-order valence-corrected chi connectivity index (χ0v) is 10.3. The van der Waals surface area contributed by atoms with E-state index >= 15 is 0 Å². The number of aliphatic carboxylic acids is 1. The normalized spacial score (nSPS) is 28.7. The fourth-order valence-electron chi connectivity index (χ4n) is 2.23.